The second-order valence-electron chi connectivity index (χ2n) is 6.23. The van der Waals surface area contributed by atoms with Crippen molar-refractivity contribution in [3.05, 3.63) is 46.8 Å². The van der Waals surface area contributed by atoms with E-state index in [0.717, 1.165) is 5.56 Å². The Labute approximate surface area is 136 Å². The van der Waals surface area contributed by atoms with Crippen molar-refractivity contribution in [1.82, 2.24) is 19.9 Å². The summed E-state index contributed by atoms with van der Waals surface area (Å²) in [5.74, 6) is -0.0522. The molecule has 1 aliphatic heterocycles. The number of hydrogen-bond acceptors (Lipinski definition) is 4. The predicted octanol–water partition coefficient (Wildman–Crippen LogP) is 2.03. The molecule has 0 spiro atoms. The molecule has 0 N–H and O–H groups in total. The number of aryl methyl sites for hydroxylation is 3. The van der Waals surface area contributed by atoms with E-state index in [-0.39, 0.29) is 18.1 Å². The lowest BCUT2D eigenvalue weighted by molar-refractivity contribution is -0.0492. The van der Waals surface area contributed by atoms with Gasteiger partial charge in [-0.15, -0.1) is 5.10 Å². The molecule has 23 heavy (non-hydrogen) atoms. The van der Waals surface area contributed by atoms with Gasteiger partial charge in [0.2, 0.25) is 0 Å². The Morgan fingerprint density at radius 1 is 1.35 bits per heavy atom. The van der Waals surface area contributed by atoms with Crippen LogP contribution in [-0.4, -0.2) is 45.0 Å². The van der Waals surface area contributed by atoms with E-state index in [0.29, 0.717) is 18.8 Å². The zero-order valence-electron chi connectivity index (χ0n) is 14.0. The fourth-order valence-corrected chi connectivity index (χ4v) is 2.97. The van der Waals surface area contributed by atoms with E-state index in [9.17, 15) is 4.79 Å². The van der Waals surface area contributed by atoms with Gasteiger partial charge in [-0.25, -0.2) is 4.68 Å². The van der Waals surface area contributed by atoms with Gasteiger partial charge in [0.1, 0.15) is 11.8 Å². The van der Waals surface area contributed by atoms with Gasteiger partial charge in [-0.1, -0.05) is 29.0 Å². The van der Waals surface area contributed by atoms with Crippen molar-refractivity contribution >= 4 is 5.91 Å². The van der Waals surface area contributed by atoms with Crippen LogP contribution in [0, 0.1) is 13.8 Å². The van der Waals surface area contributed by atoms with Crippen LogP contribution in [0.5, 0.6) is 0 Å². The summed E-state index contributed by atoms with van der Waals surface area (Å²) in [6.45, 7) is 7.21. The molecule has 2 heterocycles. The number of nitrogens with zero attached hydrogens (tertiary/aromatic N) is 4. The maximum Gasteiger partial charge on any atom is 0.274 e. The molecule has 0 radical (unpaired) electrons. The fraction of sp³-hybridized carbons (Fsp3) is 0.471. The van der Waals surface area contributed by atoms with Crippen LogP contribution in [0.25, 0.3) is 0 Å². The van der Waals surface area contributed by atoms with Crippen LogP contribution >= 0.6 is 0 Å². The van der Waals surface area contributed by atoms with E-state index in [1.807, 2.05) is 11.8 Å². The monoisotopic (exact) mass is 314 g/mol. The minimum absolute atomic E-state index is 0.0266. The Kier molecular flexibility index (Phi) is 4.17. The number of rotatable bonds is 2. The molecule has 0 aliphatic carbocycles. The van der Waals surface area contributed by atoms with Gasteiger partial charge in [0, 0.05) is 7.05 Å². The van der Waals surface area contributed by atoms with E-state index in [4.69, 9.17) is 4.74 Å². The number of ether oxygens (including phenoxy) is 1. The van der Waals surface area contributed by atoms with Crippen LogP contribution in [0.15, 0.2) is 24.4 Å². The normalized spacial score (nSPS) is 21.5. The van der Waals surface area contributed by atoms with Crippen LogP contribution in [0.3, 0.4) is 0 Å². The highest BCUT2D eigenvalue weighted by Gasteiger charge is 2.32. The summed E-state index contributed by atoms with van der Waals surface area (Å²) in [6, 6.07) is 6.36. The van der Waals surface area contributed by atoms with E-state index < -0.39 is 0 Å². The molecule has 1 aliphatic rings. The van der Waals surface area contributed by atoms with Crippen LogP contribution in [0.4, 0.5) is 0 Å². The van der Waals surface area contributed by atoms with Gasteiger partial charge in [-0.2, -0.15) is 0 Å². The lowest BCUT2D eigenvalue weighted by Crippen LogP contribution is -2.48. The number of carbonyl (C=O) groups excluding carboxylic acids is 1. The molecule has 2 aromatic rings. The third-order valence-corrected chi connectivity index (χ3v) is 4.41. The van der Waals surface area contributed by atoms with Crippen molar-refractivity contribution in [2.45, 2.75) is 32.9 Å². The number of carbonyl (C=O) groups is 1. The third kappa shape index (κ3) is 2.99. The fourth-order valence-electron chi connectivity index (χ4n) is 2.97. The minimum Gasteiger partial charge on any atom is -0.370 e. The summed E-state index contributed by atoms with van der Waals surface area (Å²) < 4.78 is 7.52. The number of morpholine rings is 1. The Morgan fingerprint density at radius 2 is 2.13 bits per heavy atom. The summed E-state index contributed by atoms with van der Waals surface area (Å²) in [7, 11) is 1.73. The molecule has 0 bridgehead atoms. The SMILES string of the molecule is Cc1ccc(C)c([C@H]2CN(C(=O)c3cnnn3C)[C@@H](C)CO2)c1. The smallest absolute Gasteiger partial charge is 0.274 e. The van der Waals surface area contributed by atoms with Crippen molar-refractivity contribution in [1.29, 1.82) is 0 Å². The van der Waals surface area contributed by atoms with E-state index in [2.05, 4.69) is 42.4 Å². The van der Waals surface area contributed by atoms with Gasteiger partial charge in [0.25, 0.3) is 5.91 Å². The quantitative estimate of drug-likeness (QED) is 0.851. The maximum absolute atomic E-state index is 12.8. The van der Waals surface area contributed by atoms with Gasteiger partial charge in [-0.3, -0.25) is 4.79 Å². The third-order valence-electron chi connectivity index (χ3n) is 4.41. The minimum atomic E-state index is -0.101. The standard InChI is InChI=1S/C17H22N4O2/c1-11-5-6-12(2)14(7-11)16-9-21(13(3)10-23-16)17(22)15-8-18-19-20(15)4/h5-8,13,16H,9-10H2,1-4H3/t13-,16+/m0/s1. The largest absolute Gasteiger partial charge is 0.370 e. The molecule has 1 fully saturated rings. The van der Waals surface area contributed by atoms with E-state index in [1.54, 1.807) is 7.05 Å². The molecule has 122 valence electrons. The zero-order chi connectivity index (χ0) is 16.6. The first-order chi connectivity index (χ1) is 11.0. The first-order valence-corrected chi connectivity index (χ1v) is 7.81. The molecule has 1 aromatic heterocycles. The van der Waals surface area contributed by atoms with Crippen molar-refractivity contribution in [2.75, 3.05) is 13.2 Å². The average molecular weight is 314 g/mol. The van der Waals surface area contributed by atoms with Crippen LogP contribution in [-0.2, 0) is 11.8 Å². The predicted molar refractivity (Wildman–Crippen MR) is 86.1 cm³/mol. The highest BCUT2D eigenvalue weighted by atomic mass is 16.5. The number of benzene rings is 1. The van der Waals surface area contributed by atoms with Crippen molar-refractivity contribution in [2.24, 2.45) is 7.05 Å². The molecule has 1 amide bonds. The van der Waals surface area contributed by atoms with Gasteiger partial charge in [-0.05, 0) is 31.9 Å². The molecule has 0 saturated carbocycles. The Bertz CT molecular complexity index is 725. The molecule has 2 atom stereocenters. The van der Waals surface area contributed by atoms with Gasteiger partial charge in [0.05, 0.1) is 25.4 Å². The number of amides is 1. The van der Waals surface area contributed by atoms with Gasteiger partial charge < -0.3 is 9.64 Å². The average Bonchev–Trinajstić information content (AvgIpc) is 2.96. The topological polar surface area (TPSA) is 60.2 Å². The highest BCUT2D eigenvalue weighted by molar-refractivity contribution is 5.92. The van der Waals surface area contributed by atoms with E-state index in [1.165, 1.54) is 22.0 Å². The summed E-state index contributed by atoms with van der Waals surface area (Å²) in [5, 5.41) is 7.65. The number of aromatic nitrogens is 3. The van der Waals surface area contributed by atoms with Gasteiger partial charge in [0.15, 0.2) is 0 Å². The van der Waals surface area contributed by atoms with Crippen LogP contribution < -0.4 is 0 Å². The molecule has 3 rings (SSSR count). The zero-order valence-corrected chi connectivity index (χ0v) is 14.0. The lowest BCUT2D eigenvalue weighted by Gasteiger charge is -2.38. The first-order valence-electron chi connectivity index (χ1n) is 7.81. The van der Waals surface area contributed by atoms with Gasteiger partial charge >= 0.3 is 0 Å². The summed E-state index contributed by atoms with van der Waals surface area (Å²) in [4.78, 5) is 14.6. The molecule has 6 nitrogen and oxygen atoms in total. The van der Waals surface area contributed by atoms with Crippen molar-refractivity contribution in [3.63, 3.8) is 0 Å². The first kappa shape index (κ1) is 15.7. The Hall–Kier alpha value is -2.21. The van der Waals surface area contributed by atoms with Crippen molar-refractivity contribution in [3.8, 4) is 0 Å². The molecule has 0 unspecified atom stereocenters. The molecule has 1 aromatic carbocycles. The molecular weight excluding hydrogens is 292 g/mol. The Balaban J connectivity index is 1.86. The van der Waals surface area contributed by atoms with Crippen LogP contribution in [0.2, 0.25) is 0 Å². The second-order valence-corrected chi connectivity index (χ2v) is 6.23. The van der Waals surface area contributed by atoms with Crippen LogP contribution in [0.1, 0.15) is 40.2 Å². The highest BCUT2D eigenvalue weighted by Crippen LogP contribution is 2.28. The Morgan fingerprint density at radius 3 is 2.83 bits per heavy atom. The molecular formula is C17H22N4O2. The second kappa shape index (κ2) is 6.12. The molecule has 1 saturated heterocycles. The summed E-state index contributed by atoms with van der Waals surface area (Å²) in [6.07, 6.45) is 1.41. The molecule has 6 heteroatoms. The maximum atomic E-state index is 12.8. The summed E-state index contributed by atoms with van der Waals surface area (Å²) in [5.41, 5.74) is 4.03. The lowest BCUT2D eigenvalue weighted by atomic mass is 9.98. The summed E-state index contributed by atoms with van der Waals surface area (Å²) >= 11 is 0. The van der Waals surface area contributed by atoms with Crippen molar-refractivity contribution < 1.29 is 9.53 Å². The number of hydrogen-bond donors (Lipinski definition) is 0. The van der Waals surface area contributed by atoms with E-state index >= 15 is 0 Å².